The van der Waals surface area contributed by atoms with Gasteiger partial charge < -0.3 is 10.4 Å². The monoisotopic (exact) mass is 581 g/mol. The molecule has 1 aliphatic heterocycles. The first-order valence-corrected chi connectivity index (χ1v) is 13.2. The van der Waals surface area contributed by atoms with E-state index in [4.69, 9.17) is 21.5 Å². The van der Waals surface area contributed by atoms with Crippen molar-refractivity contribution in [2.75, 3.05) is 23.1 Å². The summed E-state index contributed by atoms with van der Waals surface area (Å²) in [5.74, 6) is -3.50. The molecule has 3 N–H and O–H groups in total. The highest BCUT2D eigenvalue weighted by atomic mass is 35.5. The normalized spacial score (nSPS) is 16.1. The summed E-state index contributed by atoms with van der Waals surface area (Å²) in [6.45, 7) is 2.36. The highest BCUT2D eigenvalue weighted by molar-refractivity contribution is 7.92. The Hall–Kier alpha value is -3.01. The number of carboxylic acid groups (broad SMARTS) is 1. The van der Waals surface area contributed by atoms with Crippen LogP contribution >= 0.6 is 22.9 Å². The average Bonchev–Trinajstić information content (AvgIpc) is 3.48. The van der Waals surface area contributed by atoms with Gasteiger partial charge in [0.05, 0.1) is 21.9 Å². The summed E-state index contributed by atoms with van der Waals surface area (Å²) < 4.78 is 73.6. The molecular weight excluding hydrogens is 562 g/mol. The van der Waals surface area contributed by atoms with Crippen LogP contribution in [0.3, 0.4) is 0 Å². The maximum atomic E-state index is 14.6. The zero-order valence-electron chi connectivity index (χ0n) is 18.7. The van der Waals surface area contributed by atoms with Gasteiger partial charge in [-0.2, -0.15) is 13.2 Å². The minimum Gasteiger partial charge on any atom is -0.475 e. The Morgan fingerprint density at radius 2 is 2.00 bits per heavy atom. The van der Waals surface area contributed by atoms with Crippen molar-refractivity contribution in [3.8, 4) is 0 Å². The van der Waals surface area contributed by atoms with E-state index >= 15 is 0 Å². The second-order valence-electron chi connectivity index (χ2n) is 7.73. The fourth-order valence-corrected chi connectivity index (χ4v) is 5.26. The molecule has 2 aromatic heterocycles. The van der Waals surface area contributed by atoms with Crippen molar-refractivity contribution in [2.45, 2.75) is 30.1 Å². The van der Waals surface area contributed by atoms with Crippen LogP contribution < -0.4 is 10.0 Å². The Morgan fingerprint density at radius 1 is 1.27 bits per heavy atom. The van der Waals surface area contributed by atoms with Crippen LogP contribution in [0.5, 0.6) is 0 Å². The SMILES string of the molecule is O=C(O)C(F)(F)F.O=S(=O)(Nc1cscn1)c1cc(Cl)c(N[C@H]2CCN(Cc3ccccn3)C2)cc1F. The minimum absolute atomic E-state index is 0.0706. The van der Waals surface area contributed by atoms with Crippen molar-refractivity contribution in [3.63, 3.8) is 0 Å². The molecule has 200 valence electrons. The van der Waals surface area contributed by atoms with E-state index in [-0.39, 0.29) is 16.9 Å². The van der Waals surface area contributed by atoms with Gasteiger partial charge in [-0.1, -0.05) is 17.7 Å². The quantitative estimate of drug-likeness (QED) is 0.350. The number of nitrogens with one attached hydrogen (secondary N) is 2. The Balaban J connectivity index is 0.000000479. The lowest BCUT2D eigenvalue weighted by molar-refractivity contribution is -0.192. The van der Waals surface area contributed by atoms with E-state index in [1.165, 1.54) is 22.2 Å². The highest BCUT2D eigenvalue weighted by Gasteiger charge is 2.38. The van der Waals surface area contributed by atoms with Crippen LogP contribution in [0.1, 0.15) is 12.1 Å². The van der Waals surface area contributed by atoms with Crippen LogP contribution in [0, 0.1) is 5.82 Å². The highest BCUT2D eigenvalue weighted by Crippen LogP contribution is 2.30. The molecule has 1 saturated heterocycles. The second-order valence-corrected chi connectivity index (χ2v) is 10.5. The fraction of sp³-hybridized carbons (Fsp3) is 0.286. The van der Waals surface area contributed by atoms with E-state index in [0.29, 0.717) is 5.69 Å². The molecule has 4 rings (SSSR count). The van der Waals surface area contributed by atoms with E-state index in [2.05, 4.69) is 24.9 Å². The molecule has 37 heavy (non-hydrogen) atoms. The molecule has 0 unspecified atom stereocenters. The molecule has 0 bridgehead atoms. The molecule has 0 aliphatic carbocycles. The molecule has 0 spiro atoms. The lowest BCUT2D eigenvalue weighted by Gasteiger charge is -2.18. The largest absolute Gasteiger partial charge is 0.490 e. The van der Waals surface area contributed by atoms with Crippen LogP contribution in [0.25, 0.3) is 0 Å². The van der Waals surface area contributed by atoms with Gasteiger partial charge in [-0.25, -0.2) is 22.6 Å². The number of hydrogen-bond acceptors (Lipinski definition) is 8. The number of sulfonamides is 1. The van der Waals surface area contributed by atoms with Crippen molar-refractivity contribution in [1.82, 2.24) is 14.9 Å². The van der Waals surface area contributed by atoms with Crippen LogP contribution in [0.2, 0.25) is 5.02 Å². The predicted octanol–water partition coefficient (Wildman–Crippen LogP) is 4.45. The number of pyridine rings is 1. The van der Waals surface area contributed by atoms with E-state index in [0.717, 1.165) is 43.9 Å². The summed E-state index contributed by atoms with van der Waals surface area (Å²) in [5.41, 5.74) is 2.84. The predicted molar refractivity (Wildman–Crippen MR) is 130 cm³/mol. The summed E-state index contributed by atoms with van der Waals surface area (Å²) in [6.07, 6.45) is -2.46. The van der Waals surface area contributed by atoms with E-state index in [1.54, 1.807) is 6.20 Å². The van der Waals surface area contributed by atoms with Gasteiger partial charge in [0.25, 0.3) is 10.0 Å². The van der Waals surface area contributed by atoms with Crippen LogP contribution in [-0.4, -0.2) is 59.7 Å². The zero-order chi connectivity index (χ0) is 27.2. The number of nitrogens with zero attached hydrogens (tertiary/aromatic N) is 3. The van der Waals surface area contributed by atoms with Gasteiger partial charge in [-0.15, -0.1) is 11.3 Å². The van der Waals surface area contributed by atoms with Crippen molar-refractivity contribution in [3.05, 3.63) is 64.0 Å². The maximum absolute atomic E-state index is 14.6. The standard InChI is InChI=1S/C19H19ClFN5O2S2.C2HF3O2/c20-15-7-18(30(27,28)25-19-11-29-12-23-19)16(21)8-17(15)24-14-4-6-26(10-14)9-13-3-1-2-5-22-13;3-2(4,5)1(6)7/h1-3,5,7-8,11-12,14,24-25H,4,6,9-10H2;(H,6,7)/t14-;/m0./s1. The lowest BCUT2D eigenvalue weighted by atomic mass is 10.2. The third-order valence-electron chi connectivity index (χ3n) is 4.97. The zero-order valence-corrected chi connectivity index (χ0v) is 21.1. The Kier molecular flexibility index (Phi) is 9.28. The van der Waals surface area contributed by atoms with Gasteiger partial charge in [-0.3, -0.25) is 14.6 Å². The minimum atomic E-state index is -5.08. The van der Waals surface area contributed by atoms with E-state index < -0.39 is 32.9 Å². The number of thiazole rings is 1. The van der Waals surface area contributed by atoms with E-state index in [1.807, 2.05) is 18.2 Å². The summed E-state index contributed by atoms with van der Waals surface area (Å²) in [5, 5.41) is 12.0. The number of rotatable bonds is 7. The number of carbonyl (C=O) groups is 1. The molecule has 0 radical (unpaired) electrons. The first kappa shape index (κ1) is 28.6. The van der Waals surface area contributed by atoms with Gasteiger partial charge in [0.2, 0.25) is 0 Å². The molecule has 9 nitrogen and oxygen atoms in total. The molecule has 1 aromatic carbocycles. The number of alkyl halides is 3. The number of halogens is 5. The molecule has 0 saturated carbocycles. The summed E-state index contributed by atoms with van der Waals surface area (Å²) in [7, 11) is -4.13. The van der Waals surface area contributed by atoms with Crippen molar-refractivity contribution in [1.29, 1.82) is 0 Å². The fourth-order valence-electron chi connectivity index (χ4n) is 3.34. The Morgan fingerprint density at radius 3 is 2.59 bits per heavy atom. The topological polar surface area (TPSA) is 125 Å². The third-order valence-corrected chi connectivity index (χ3v) is 7.24. The summed E-state index contributed by atoms with van der Waals surface area (Å²) >= 11 is 7.50. The van der Waals surface area contributed by atoms with Crippen molar-refractivity contribution < 1.29 is 35.9 Å². The van der Waals surface area contributed by atoms with Crippen molar-refractivity contribution >= 4 is 50.4 Å². The average molecular weight is 582 g/mol. The van der Waals surface area contributed by atoms with Gasteiger partial charge >= 0.3 is 12.1 Å². The second kappa shape index (κ2) is 12.0. The van der Waals surface area contributed by atoms with Crippen LogP contribution in [0.15, 0.2) is 52.3 Å². The number of benzene rings is 1. The molecular formula is C21H20ClF4N5O4S2. The summed E-state index contributed by atoms with van der Waals surface area (Å²) in [4.78, 5) is 18.8. The summed E-state index contributed by atoms with van der Waals surface area (Å²) in [6, 6.07) is 8.13. The number of aliphatic carboxylic acids is 1. The smallest absolute Gasteiger partial charge is 0.475 e. The van der Waals surface area contributed by atoms with Gasteiger partial charge in [0.1, 0.15) is 10.7 Å². The Labute approximate surface area is 218 Å². The number of hydrogen-bond donors (Lipinski definition) is 3. The number of likely N-dealkylation sites (tertiary alicyclic amines) is 1. The molecule has 0 amide bonds. The van der Waals surface area contributed by atoms with Crippen LogP contribution in [-0.2, 0) is 21.4 Å². The Bertz CT molecular complexity index is 1310. The molecule has 3 aromatic rings. The lowest BCUT2D eigenvalue weighted by Crippen LogP contribution is -2.26. The number of aromatic nitrogens is 2. The molecule has 1 atom stereocenters. The van der Waals surface area contributed by atoms with Gasteiger partial charge in [0.15, 0.2) is 5.82 Å². The van der Waals surface area contributed by atoms with Gasteiger partial charge in [-0.05, 0) is 30.7 Å². The number of carboxylic acids is 1. The first-order valence-electron chi connectivity index (χ1n) is 10.4. The molecule has 3 heterocycles. The molecule has 1 aliphatic rings. The maximum Gasteiger partial charge on any atom is 0.490 e. The number of anilines is 2. The molecule has 16 heteroatoms. The third kappa shape index (κ3) is 8.24. The van der Waals surface area contributed by atoms with Gasteiger partial charge in [0, 0.05) is 37.3 Å². The van der Waals surface area contributed by atoms with E-state index in [9.17, 15) is 26.0 Å². The first-order chi connectivity index (χ1) is 17.3. The molecule has 1 fully saturated rings. The van der Waals surface area contributed by atoms with Crippen molar-refractivity contribution in [2.24, 2.45) is 0 Å². The van der Waals surface area contributed by atoms with Crippen LogP contribution in [0.4, 0.5) is 29.1 Å².